The van der Waals surface area contributed by atoms with Crippen LogP contribution in [0.3, 0.4) is 0 Å². The lowest BCUT2D eigenvalue weighted by molar-refractivity contribution is 0.0942. The van der Waals surface area contributed by atoms with E-state index in [1.54, 1.807) is 18.2 Å². The fourth-order valence-electron chi connectivity index (χ4n) is 2.42. The standard InChI is InChI=1S/C18H20ClN3O2/c1-22(2)16(14-8-3-4-9-15(14)19)11-21-18(24)13-7-5-6-12(10-13)17(20)23/h3-10,16H,11H2,1-2H3,(H2,20,23)(H,21,24). The molecule has 5 nitrogen and oxygen atoms in total. The molecule has 1 atom stereocenters. The van der Waals surface area contributed by atoms with Crippen molar-refractivity contribution in [1.29, 1.82) is 0 Å². The predicted molar refractivity (Wildman–Crippen MR) is 95.2 cm³/mol. The number of nitrogens with zero attached hydrogens (tertiary/aromatic N) is 1. The Morgan fingerprint density at radius 2 is 1.79 bits per heavy atom. The molecule has 0 aromatic heterocycles. The number of carbonyl (C=O) groups is 2. The van der Waals surface area contributed by atoms with E-state index in [1.807, 2.05) is 43.3 Å². The molecule has 1 unspecified atom stereocenters. The highest BCUT2D eigenvalue weighted by Gasteiger charge is 2.18. The second-order valence-corrected chi connectivity index (χ2v) is 6.06. The SMILES string of the molecule is CN(C)C(CNC(=O)c1cccc(C(N)=O)c1)c1ccccc1Cl. The zero-order valence-electron chi connectivity index (χ0n) is 13.6. The highest BCUT2D eigenvalue weighted by atomic mass is 35.5. The van der Waals surface area contributed by atoms with Gasteiger partial charge in [-0.05, 0) is 43.9 Å². The summed E-state index contributed by atoms with van der Waals surface area (Å²) in [6.45, 7) is 0.385. The van der Waals surface area contributed by atoms with Crippen LogP contribution in [0.4, 0.5) is 0 Å². The molecule has 2 aromatic rings. The second-order valence-electron chi connectivity index (χ2n) is 5.66. The summed E-state index contributed by atoms with van der Waals surface area (Å²) in [5.41, 5.74) is 6.88. The van der Waals surface area contributed by atoms with Crippen LogP contribution in [-0.2, 0) is 0 Å². The lowest BCUT2D eigenvalue weighted by Crippen LogP contribution is -2.34. The number of hydrogen-bond acceptors (Lipinski definition) is 3. The molecule has 2 rings (SSSR count). The molecule has 0 saturated carbocycles. The number of likely N-dealkylation sites (N-methyl/N-ethyl adjacent to an activating group) is 1. The number of carbonyl (C=O) groups excluding carboxylic acids is 2. The Labute approximate surface area is 146 Å². The fourth-order valence-corrected chi connectivity index (χ4v) is 2.68. The van der Waals surface area contributed by atoms with Crippen LogP contribution in [0.15, 0.2) is 48.5 Å². The molecule has 0 aliphatic rings. The minimum Gasteiger partial charge on any atom is -0.366 e. The van der Waals surface area contributed by atoms with Gasteiger partial charge in [-0.2, -0.15) is 0 Å². The van der Waals surface area contributed by atoms with E-state index < -0.39 is 5.91 Å². The molecule has 0 fully saturated rings. The first kappa shape index (κ1) is 18.0. The molecule has 0 spiro atoms. The van der Waals surface area contributed by atoms with Gasteiger partial charge in [-0.25, -0.2) is 0 Å². The maximum atomic E-state index is 12.3. The first-order chi connectivity index (χ1) is 11.4. The molecule has 0 heterocycles. The Bertz CT molecular complexity index is 747. The molecular formula is C18H20ClN3O2. The minimum absolute atomic E-state index is 0.0676. The Morgan fingerprint density at radius 1 is 1.12 bits per heavy atom. The topological polar surface area (TPSA) is 75.4 Å². The zero-order valence-corrected chi connectivity index (χ0v) is 14.4. The van der Waals surface area contributed by atoms with Gasteiger partial charge in [-0.3, -0.25) is 9.59 Å². The largest absolute Gasteiger partial charge is 0.366 e. The predicted octanol–water partition coefficient (Wildman–Crippen LogP) is 2.47. The van der Waals surface area contributed by atoms with Crippen molar-refractivity contribution in [2.45, 2.75) is 6.04 Å². The summed E-state index contributed by atoms with van der Waals surface area (Å²) in [5, 5.41) is 3.53. The van der Waals surface area contributed by atoms with Gasteiger partial charge in [-0.1, -0.05) is 35.9 Å². The number of primary amides is 1. The van der Waals surface area contributed by atoms with Gasteiger partial charge < -0.3 is 16.0 Å². The number of halogens is 1. The van der Waals surface area contributed by atoms with E-state index in [4.69, 9.17) is 17.3 Å². The van der Waals surface area contributed by atoms with Crippen molar-refractivity contribution in [1.82, 2.24) is 10.2 Å². The van der Waals surface area contributed by atoms with E-state index in [0.717, 1.165) is 5.56 Å². The molecular weight excluding hydrogens is 326 g/mol. The molecule has 0 radical (unpaired) electrons. The van der Waals surface area contributed by atoms with Gasteiger partial charge in [0.15, 0.2) is 0 Å². The summed E-state index contributed by atoms with van der Waals surface area (Å²) in [7, 11) is 3.85. The number of rotatable bonds is 6. The molecule has 0 aliphatic heterocycles. The van der Waals surface area contributed by atoms with Gasteiger partial charge in [0.05, 0.1) is 6.04 Å². The Hall–Kier alpha value is -2.37. The van der Waals surface area contributed by atoms with Gasteiger partial charge in [0.25, 0.3) is 5.91 Å². The van der Waals surface area contributed by atoms with Crippen molar-refractivity contribution in [2.24, 2.45) is 5.73 Å². The summed E-state index contributed by atoms with van der Waals surface area (Å²) < 4.78 is 0. The summed E-state index contributed by atoms with van der Waals surface area (Å²) >= 11 is 6.26. The third-order valence-corrected chi connectivity index (χ3v) is 4.10. The quantitative estimate of drug-likeness (QED) is 0.844. The molecule has 0 saturated heterocycles. The molecule has 2 amide bonds. The molecule has 3 N–H and O–H groups in total. The van der Waals surface area contributed by atoms with Crippen LogP contribution in [0.5, 0.6) is 0 Å². The number of hydrogen-bond donors (Lipinski definition) is 2. The Kier molecular flexibility index (Phi) is 5.95. The van der Waals surface area contributed by atoms with E-state index in [1.165, 1.54) is 6.07 Å². The van der Waals surface area contributed by atoms with E-state index in [-0.39, 0.29) is 11.9 Å². The van der Waals surface area contributed by atoms with Crippen LogP contribution in [0.25, 0.3) is 0 Å². The van der Waals surface area contributed by atoms with E-state index in [2.05, 4.69) is 5.32 Å². The smallest absolute Gasteiger partial charge is 0.251 e. The maximum absolute atomic E-state index is 12.3. The third-order valence-electron chi connectivity index (χ3n) is 3.75. The highest BCUT2D eigenvalue weighted by molar-refractivity contribution is 6.31. The van der Waals surface area contributed by atoms with Crippen molar-refractivity contribution in [3.8, 4) is 0 Å². The van der Waals surface area contributed by atoms with Gasteiger partial charge in [0.2, 0.25) is 5.91 Å². The fraction of sp³-hybridized carbons (Fsp3) is 0.222. The second kappa shape index (κ2) is 7.95. The number of amides is 2. The van der Waals surface area contributed by atoms with Gasteiger partial charge in [-0.15, -0.1) is 0 Å². The minimum atomic E-state index is -0.563. The summed E-state index contributed by atoms with van der Waals surface area (Å²) in [6.07, 6.45) is 0. The Balaban J connectivity index is 2.12. The first-order valence-corrected chi connectivity index (χ1v) is 7.87. The normalized spacial score (nSPS) is 12.0. The summed E-state index contributed by atoms with van der Waals surface area (Å²) in [6, 6.07) is 13.8. The van der Waals surface area contributed by atoms with Gasteiger partial charge in [0, 0.05) is 22.7 Å². The molecule has 126 valence electrons. The van der Waals surface area contributed by atoms with Gasteiger partial charge in [0.1, 0.15) is 0 Å². The molecule has 2 aromatic carbocycles. The van der Waals surface area contributed by atoms with Crippen LogP contribution >= 0.6 is 11.6 Å². The Morgan fingerprint density at radius 3 is 2.42 bits per heavy atom. The third kappa shape index (κ3) is 4.34. The van der Waals surface area contributed by atoms with Crippen LogP contribution in [0.2, 0.25) is 5.02 Å². The average Bonchev–Trinajstić information content (AvgIpc) is 2.56. The first-order valence-electron chi connectivity index (χ1n) is 7.49. The summed E-state index contributed by atoms with van der Waals surface area (Å²) in [4.78, 5) is 25.6. The van der Waals surface area contributed by atoms with Crippen molar-refractivity contribution < 1.29 is 9.59 Å². The highest BCUT2D eigenvalue weighted by Crippen LogP contribution is 2.25. The number of nitrogens with two attached hydrogens (primary N) is 1. The van der Waals surface area contributed by atoms with E-state index >= 15 is 0 Å². The molecule has 6 heteroatoms. The van der Waals surface area contributed by atoms with Crippen LogP contribution < -0.4 is 11.1 Å². The number of nitrogens with one attached hydrogen (secondary N) is 1. The zero-order chi connectivity index (χ0) is 17.7. The lowest BCUT2D eigenvalue weighted by atomic mass is 10.1. The van der Waals surface area contributed by atoms with Crippen molar-refractivity contribution in [3.63, 3.8) is 0 Å². The number of benzene rings is 2. The van der Waals surface area contributed by atoms with Crippen LogP contribution in [-0.4, -0.2) is 37.4 Å². The lowest BCUT2D eigenvalue weighted by Gasteiger charge is -2.26. The molecule has 24 heavy (non-hydrogen) atoms. The van der Waals surface area contributed by atoms with E-state index in [0.29, 0.717) is 22.7 Å². The maximum Gasteiger partial charge on any atom is 0.251 e. The van der Waals surface area contributed by atoms with Crippen LogP contribution in [0.1, 0.15) is 32.3 Å². The van der Waals surface area contributed by atoms with Crippen molar-refractivity contribution >= 4 is 23.4 Å². The monoisotopic (exact) mass is 345 g/mol. The average molecular weight is 346 g/mol. The van der Waals surface area contributed by atoms with Crippen molar-refractivity contribution in [3.05, 3.63) is 70.2 Å². The van der Waals surface area contributed by atoms with Gasteiger partial charge >= 0.3 is 0 Å². The van der Waals surface area contributed by atoms with Crippen molar-refractivity contribution in [2.75, 3.05) is 20.6 Å². The molecule has 0 aliphatic carbocycles. The molecule has 0 bridgehead atoms. The summed E-state index contributed by atoms with van der Waals surface area (Å²) in [5.74, 6) is -0.830. The van der Waals surface area contributed by atoms with E-state index in [9.17, 15) is 9.59 Å². The van der Waals surface area contributed by atoms with Crippen LogP contribution in [0, 0.1) is 0 Å².